The largest absolute Gasteiger partial charge is 0.468 e. The van der Waals surface area contributed by atoms with E-state index in [1.165, 1.54) is 7.11 Å². The second kappa shape index (κ2) is 8.11. The van der Waals surface area contributed by atoms with E-state index in [2.05, 4.69) is 14.2 Å². The van der Waals surface area contributed by atoms with Crippen LogP contribution in [0.15, 0.2) is 0 Å². The Morgan fingerprint density at radius 2 is 1.84 bits per heavy atom. The molecule has 0 heterocycles. The van der Waals surface area contributed by atoms with E-state index in [0.717, 1.165) is 0 Å². The number of hydrogen-bond acceptors (Lipinski definition) is 6. The summed E-state index contributed by atoms with van der Waals surface area (Å²) in [7, 11) is -2.56. The fourth-order valence-corrected chi connectivity index (χ4v) is 2.60. The predicted molar refractivity (Wildman–Crippen MR) is 68.8 cm³/mol. The van der Waals surface area contributed by atoms with Crippen molar-refractivity contribution >= 4 is 22.0 Å². The zero-order chi connectivity index (χ0) is 15.1. The molecular formula is C11H21NO6S. The Kier molecular flexibility index (Phi) is 7.62. The molecule has 0 spiro atoms. The Bertz CT molecular complexity index is 403. The number of methoxy groups -OCH3 is 1. The molecule has 0 aliphatic rings. The lowest BCUT2D eigenvalue weighted by Crippen LogP contribution is -2.45. The number of rotatable bonds is 8. The van der Waals surface area contributed by atoms with Gasteiger partial charge in [-0.15, -0.1) is 0 Å². The molecule has 1 unspecified atom stereocenters. The molecule has 0 fully saturated rings. The van der Waals surface area contributed by atoms with Crippen molar-refractivity contribution < 1.29 is 27.5 Å². The van der Waals surface area contributed by atoms with Crippen molar-refractivity contribution in [3.05, 3.63) is 0 Å². The molecule has 1 atom stereocenters. The van der Waals surface area contributed by atoms with Gasteiger partial charge in [0.2, 0.25) is 10.0 Å². The minimum atomic E-state index is -3.75. The molecular weight excluding hydrogens is 274 g/mol. The number of carbonyl (C=O) groups is 2. The van der Waals surface area contributed by atoms with Crippen molar-refractivity contribution in [2.45, 2.75) is 33.2 Å². The molecule has 19 heavy (non-hydrogen) atoms. The normalized spacial score (nSPS) is 13.1. The van der Waals surface area contributed by atoms with Crippen LogP contribution in [0, 0.1) is 5.92 Å². The molecule has 0 aliphatic heterocycles. The first-order valence-corrected chi connectivity index (χ1v) is 7.62. The Labute approximate surface area is 113 Å². The van der Waals surface area contributed by atoms with Crippen LogP contribution in [0.4, 0.5) is 0 Å². The molecule has 1 N–H and O–H groups in total. The summed E-state index contributed by atoms with van der Waals surface area (Å²) in [6, 6.07) is -0.961. The predicted octanol–water partition coefficient (Wildman–Crippen LogP) is 0.0566. The van der Waals surface area contributed by atoms with Gasteiger partial charge in [0, 0.05) is 0 Å². The van der Waals surface area contributed by atoms with Crippen LogP contribution in [0.2, 0.25) is 0 Å². The van der Waals surface area contributed by atoms with Gasteiger partial charge in [0.05, 0.1) is 25.9 Å². The van der Waals surface area contributed by atoms with Crippen LogP contribution in [-0.2, 0) is 29.1 Å². The first-order chi connectivity index (χ1) is 8.73. The highest BCUT2D eigenvalue weighted by Crippen LogP contribution is 2.06. The van der Waals surface area contributed by atoms with Crippen LogP contribution in [-0.4, -0.2) is 45.9 Å². The molecule has 0 saturated carbocycles. The number of nitrogens with one attached hydrogen (secondary N) is 1. The van der Waals surface area contributed by atoms with Crippen molar-refractivity contribution in [1.82, 2.24) is 4.72 Å². The van der Waals surface area contributed by atoms with Gasteiger partial charge < -0.3 is 9.47 Å². The van der Waals surface area contributed by atoms with Gasteiger partial charge in [-0.3, -0.25) is 9.59 Å². The third-order valence-corrected chi connectivity index (χ3v) is 3.66. The summed E-state index contributed by atoms with van der Waals surface area (Å²) in [6.45, 7) is 5.21. The van der Waals surface area contributed by atoms with Crippen LogP contribution in [0.25, 0.3) is 0 Å². The van der Waals surface area contributed by atoms with Crippen molar-refractivity contribution in [2.24, 2.45) is 5.92 Å². The number of esters is 2. The van der Waals surface area contributed by atoms with E-state index in [4.69, 9.17) is 0 Å². The van der Waals surface area contributed by atoms with Gasteiger partial charge in [0.1, 0.15) is 6.04 Å². The van der Waals surface area contributed by atoms with Gasteiger partial charge in [-0.1, -0.05) is 13.8 Å². The molecule has 0 radical (unpaired) electrons. The summed E-state index contributed by atoms with van der Waals surface area (Å²) in [5, 5.41) is 0. The van der Waals surface area contributed by atoms with Crippen LogP contribution in [0.1, 0.15) is 27.2 Å². The Morgan fingerprint density at radius 1 is 1.26 bits per heavy atom. The topological polar surface area (TPSA) is 98.8 Å². The molecule has 0 aromatic heterocycles. The van der Waals surface area contributed by atoms with E-state index in [1.807, 2.05) is 0 Å². The number of sulfonamides is 1. The summed E-state index contributed by atoms with van der Waals surface area (Å²) in [6.07, 6.45) is -0.255. The maximum atomic E-state index is 11.7. The summed E-state index contributed by atoms with van der Waals surface area (Å²) in [4.78, 5) is 22.5. The standard InChI is InChI=1S/C11H21NO6S/c1-5-18-9(13)6-7-19(15,16)12-10(8(2)3)11(14)17-4/h8,10,12H,5-7H2,1-4H3. The molecule has 8 heteroatoms. The molecule has 0 aromatic carbocycles. The fourth-order valence-electron chi connectivity index (χ4n) is 1.29. The van der Waals surface area contributed by atoms with E-state index in [1.54, 1.807) is 20.8 Å². The minimum absolute atomic E-state index is 0.198. The van der Waals surface area contributed by atoms with Crippen LogP contribution in [0.3, 0.4) is 0 Å². The average Bonchev–Trinajstić information content (AvgIpc) is 2.33. The molecule has 0 rings (SSSR count). The van der Waals surface area contributed by atoms with Crippen molar-refractivity contribution in [3.63, 3.8) is 0 Å². The molecule has 0 bridgehead atoms. The Balaban J connectivity index is 4.56. The first-order valence-electron chi connectivity index (χ1n) is 5.97. The van der Waals surface area contributed by atoms with Gasteiger partial charge in [-0.05, 0) is 12.8 Å². The Hall–Kier alpha value is -1.15. The van der Waals surface area contributed by atoms with Crippen LogP contribution >= 0.6 is 0 Å². The molecule has 0 amide bonds. The van der Waals surface area contributed by atoms with Crippen LogP contribution in [0.5, 0.6) is 0 Å². The number of ether oxygens (including phenoxy) is 2. The highest BCUT2D eigenvalue weighted by atomic mass is 32.2. The second-order valence-electron chi connectivity index (χ2n) is 4.24. The van der Waals surface area contributed by atoms with E-state index >= 15 is 0 Å². The lowest BCUT2D eigenvalue weighted by atomic mass is 10.1. The highest BCUT2D eigenvalue weighted by molar-refractivity contribution is 7.89. The smallest absolute Gasteiger partial charge is 0.324 e. The maximum Gasteiger partial charge on any atom is 0.324 e. The molecule has 0 saturated heterocycles. The van der Waals surface area contributed by atoms with Crippen molar-refractivity contribution in [1.29, 1.82) is 0 Å². The van der Waals surface area contributed by atoms with Crippen molar-refractivity contribution in [2.75, 3.05) is 19.5 Å². The lowest BCUT2D eigenvalue weighted by molar-refractivity contribution is -0.144. The van der Waals surface area contributed by atoms with E-state index in [9.17, 15) is 18.0 Å². The summed E-state index contributed by atoms with van der Waals surface area (Å²) in [5.74, 6) is -1.93. The molecule has 0 aromatic rings. The van der Waals surface area contributed by atoms with Gasteiger partial charge in [0.25, 0.3) is 0 Å². The zero-order valence-corrected chi connectivity index (χ0v) is 12.5. The quantitative estimate of drug-likeness (QED) is 0.636. The van der Waals surface area contributed by atoms with Crippen LogP contribution < -0.4 is 4.72 Å². The maximum absolute atomic E-state index is 11.7. The highest BCUT2D eigenvalue weighted by Gasteiger charge is 2.28. The number of carbonyl (C=O) groups excluding carboxylic acids is 2. The second-order valence-corrected chi connectivity index (χ2v) is 6.11. The van der Waals surface area contributed by atoms with E-state index in [-0.39, 0.29) is 18.9 Å². The van der Waals surface area contributed by atoms with Crippen molar-refractivity contribution in [3.8, 4) is 0 Å². The molecule has 112 valence electrons. The third-order valence-electron chi connectivity index (χ3n) is 2.31. The van der Waals surface area contributed by atoms with E-state index in [0.29, 0.717) is 0 Å². The number of hydrogen-bond donors (Lipinski definition) is 1. The van der Waals surface area contributed by atoms with Gasteiger partial charge in [-0.25, -0.2) is 13.1 Å². The third kappa shape index (κ3) is 7.12. The average molecular weight is 295 g/mol. The Morgan fingerprint density at radius 3 is 2.26 bits per heavy atom. The van der Waals surface area contributed by atoms with Gasteiger partial charge in [-0.2, -0.15) is 0 Å². The zero-order valence-electron chi connectivity index (χ0n) is 11.6. The monoisotopic (exact) mass is 295 g/mol. The van der Waals surface area contributed by atoms with E-state index < -0.39 is 33.8 Å². The lowest BCUT2D eigenvalue weighted by Gasteiger charge is -2.19. The first kappa shape index (κ1) is 17.8. The fraction of sp³-hybridized carbons (Fsp3) is 0.818. The molecule has 0 aliphatic carbocycles. The van der Waals surface area contributed by atoms with Gasteiger partial charge >= 0.3 is 11.9 Å². The molecule has 7 nitrogen and oxygen atoms in total. The summed E-state index contributed by atoms with van der Waals surface area (Å²) < 4.78 is 34.9. The summed E-state index contributed by atoms with van der Waals surface area (Å²) in [5.41, 5.74) is 0. The minimum Gasteiger partial charge on any atom is -0.468 e. The summed E-state index contributed by atoms with van der Waals surface area (Å²) >= 11 is 0. The van der Waals surface area contributed by atoms with Gasteiger partial charge in [0.15, 0.2) is 0 Å². The SMILES string of the molecule is CCOC(=O)CCS(=O)(=O)NC(C(=O)OC)C(C)C.